The van der Waals surface area contributed by atoms with Crippen molar-refractivity contribution in [2.75, 3.05) is 0 Å². The van der Waals surface area contributed by atoms with Gasteiger partial charge in [0.1, 0.15) is 0 Å². The Morgan fingerprint density at radius 3 is 1.25 bits per heavy atom. The van der Waals surface area contributed by atoms with E-state index in [0.717, 1.165) is 33.2 Å². The smallest absolute Gasteiger partial charge is 0.263 e. The fraction of sp³-hybridized carbons (Fsp3) is 0.136. The van der Waals surface area contributed by atoms with Crippen LogP contribution in [0.2, 0.25) is 0 Å². The lowest BCUT2D eigenvalue weighted by molar-refractivity contribution is 0.659. The summed E-state index contributed by atoms with van der Waals surface area (Å²) in [5, 5.41) is 2.84. The van der Waals surface area contributed by atoms with E-state index in [1.54, 1.807) is 0 Å². The predicted octanol–water partition coefficient (Wildman–Crippen LogP) is 9.50. The number of rotatable bonds is 2. The van der Waals surface area contributed by atoms with Gasteiger partial charge >= 0.3 is 0 Å². The summed E-state index contributed by atoms with van der Waals surface area (Å²) in [7, 11) is 0. The minimum atomic E-state index is -0.204. The van der Waals surface area contributed by atoms with Gasteiger partial charge in [0, 0.05) is 33.0 Å². The van der Waals surface area contributed by atoms with Crippen LogP contribution in [0.5, 0.6) is 0 Å². The molecule has 2 aliphatic rings. The molecule has 0 atom stereocenters. The van der Waals surface area contributed by atoms with Crippen molar-refractivity contribution in [1.82, 2.24) is 9.13 Å². The molecule has 230 valence electrons. The summed E-state index contributed by atoms with van der Waals surface area (Å²) in [5.41, 5.74) is 12.4. The fourth-order valence-electron chi connectivity index (χ4n) is 8.97. The van der Waals surface area contributed by atoms with Gasteiger partial charge < -0.3 is 0 Å². The van der Waals surface area contributed by atoms with E-state index in [9.17, 15) is 9.59 Å². The highest BCUT2D eigenvalue weighted by Crippen LogP contribution is 2.50. The first-order valence-electron chi connectivity index (χ1n) is 16.6. The summed E-state index contributed by atoms with van der Waals surface area (Å²) >= 11 is 0. The number of pyridine rings is 2. The number of fused-ring (bicyclic) bond motifs is 6. The van der Waals surface area contributed by atoms with Crippen molar-refractivity contribution < 1.29 is 0 Å². The highest BCUT2D eigenvalue weighted by Gasteiger charge is 2.37. The van der Waals surface area contributed by atoms with E-state index in [1.807, 2.05) is 57.7 Å². The Labute approximate surface area is 277 Å². The first kappa shape index (κ1) is 27.4. The van der Waals surface area contributed by atoms with Gasteiger partial charge in [-0.25, -0.2) is 0 Å². The summed E-state index contributed by atoms with van der Waals surface area (Å²) in [4.78, 5) is 29.3. The van der Waals surface area contributed by atoms with E-state index in [4.69, 9.17) is 0 Å². The zero-order valence-electron chi connectivity index (χ0n) is 27.3. The number of benzene rings is 6. The second-order valence-electron chi connectivity index (χ2n) is 14.5. The van der Waals surface area contributed by atoms with Crippen molar-refractivity contribution in [2.24, 2.45) is 0 Å². The Morgan fingerprint density at radius 1 is 0.417 bits per heavy atom. The molecule has 0 radical (unpaired) electrons. The maximum absolute atomic E-state index is 14.7. The Bertz CT molecular complexity index is 2640. The van der Waals surface area contributed by atoms with Crippen LogP contribution in [-0.4, -0.2) is 9.13 Å². The molecule has 6 aromatic carbocycles. The Hall–Kier alpha value is -5.74. The molecule has 0 unspecified atom stereocenters. The molecule has 48 heavy (non-hydrogen) atoms. The normalized spacial score (nSPS) is 15.2. The molecule has 2 aliphatic carbocycles. The Morgan fingerprint density at radius 2 is 0.812 bits per heavy atom. The van der Waals surface area contributed by atoms with Crippen molar-refractivity contribution >= 4 is 32.6 Å². The van der Waals surface area contributed by atoms with Crippen LogP contribution >= 0.6 is 0 Å². The average Bonchev–Trinajstić information content (AvgIpc) is 3.47. The summed E-state index contributed by atoms with van der Waals surface area (Å²) in [6.45, 7) is 8.99. The molecule has 0 saturated heterocycles. The van der Waals surface area contributed by atoms with E-state index in [-0.39, 0.29) is 21.9 Å². The average molecular weight is 621 g/mol. The maximum atomic E-state index is 14.7. The van der Waals surface area contributed by atoms with Crippen LogP contribution < -0.4 is 11.1 Å². The quantitative estimate of drug-likeness (QED) is 0.181. The SMILES string of the molecule is CC1(C)c2ccccc2-c2ccc(-n3c(=O)c4cccc5c4c4c(cccc43)c(=O)n5-c3ccc4c(c3)C(C)(C)c3ccccc3-4)cc21. The van der Waals surface area contributed by atoms with Gasteiger partial charge in [-0.05, 0) is 93.0 Å². The lowest BCUT2D eigenvalue weighted by atomic mass is 9.82. The van der Waals surface area contributed by atoms with Gasteiger partial charge in [-0.3, -0.25) is 18.7 Å². The maximum Gasteiger partial charge on any atom is 0.263 e. The number of hydrogen-bond acceptors (Lipinski definition) is 2. The number of aromatic nitrogens is 2. The van der Waals surface area contributed by atoms with Crippen LogP contribution in [0.3, 0.4) is 0 Å². The third kappa shape index (κ3) is 3.25. The largest absolute Gasteiger partial charge is 0.276 e. The standard InChI is InChI=1S/C44H32N2O2/c1-43(2)33-15-7-5-11-27(33)29-21-19-25(23-35(29)43)45-37-17-9-14-32-39(37)40-31(41(45)47)13-10-18-38(40)46(42(32)48)26-20-22-30-28-12-6-8-16-34(28)44(3,4)36(30)24-26/h5-24H,1-4H3. The molecule has 2 aromatic heterocycles. The second kappa shape index (κ2) is 8.99. The van der Waals surface area contributed by atoms with Crippen LogP contribution in [0.4, 0.5) is 0 Å². The molecule has 0 aliphatic heterocycles. The highest BCUT2D eigenvalue weighted by atomic mass is 16.1. The summed E-state index contributed by atoms with van der Waals surface area (Å²) in [6, 6.07) is 41.4. The van der Waals surface area contributed by atoms with Crippen molar-refractivity contribution in [3.8, 4) is 33.6 Å². The van der Waals surface area contributed by atoms with Gasteiger partial charge in [-0.2, -0.15) is 0 Å². The van der Waals surface area contributed by atoms with Crippen molar-refractivity contribution in [3.63, 3.8) is 0 Å². The van der Waals surface area contributed by atoms with Gasteiger partial charge in [0.15, 0.2) is 0 Å². The molecule has 8 aromatic rings. The van der Waals surface area contributed by atoms with Gasteiger partial charge in [-0.15, -0.1) is 0 Å². The molecule has 0 amide bonds. The van der Waals surface area contributed by atoms with Crippen molar-refractivity contribution in [3.05, 3.63) is 164 Å². The molecule has 0 saturated carbocycles. The van der Waals surface area contributed by atoms with Crippen LogP contribution in [0.15, 0.2) is 131 Å². The van der Waals surface area contributed by atoms with Crippen LogP contribution in [0.25, 0.3) is 66.2 Å². The molecule has 10 rings (SSSR count). The lowest BCUT2D eigenvalue weighted by Crippen LogP contribution is -2.25. The van der Waals surface area contributed by atoms with E-state index >= 15 is 0 Å². The molecule has 0 bridgehead atoms. The highest BCUT2D eigenvalue weighted by molar-refractivity contribution is 6.21. The molecule has 0 spiro atoms. The molecule has 0 N–H and O–H groups in total. The van der Waals surface area contributed by atoms with E-state index in [2.05, 4.69) is 100 Å². The monoisotopic (exact) mass is 620 g/mol. The van der Waals surface area contributed by atoms with E-state index < -0.39 is 0 Å². The van der Waals surface area contributed by atoms with E-state index in [1.165, 1.54) is 44.5 Å². The summed E-state index contributed by atoms with van der Waals surface area (Å²) in [5.74, 6) is 0. The van der Waals surface area contributed by atoms with Crippen molar-refractivity contribution in [2.45, 2.75) is 38.5 Å². The summed E-state index contributed by atoms with van der Waals surface area (Å²) < 4.78 is 3.62. The second-order valence-corrected chi connectivity index (χ2v) is 14.5. The van der Waals surface area contributed by atoms with Crippen LogP contribution in [-0.2, 0) is 10.8 Å². The number of nitrogens with zero attached hydrogens (tertiary/aromatic N) is 2. The fourth-order valence-corrected chi connectivity index (χ4v) is 8.97. The first-order valence-corrected chi connectivity index (χ1v) is 16.6. The Kier molecular flexibility index (Phi) is 5.13. The van der Waals surface area contributed by atoms with E-state index in [0.29, 0.717) is 10.8 Å². The van der Waals surface area contributed by atoms with Gasteiger partial charge in [0.05, 0.1) is 21.8 Å². The molecular weight excluding hydrogens is 588 g/mol. The van der Waals surface area contributed by atoms with Gasteiger partial charge in [-0.1, -0.05) is 100 Å². The molecule has 2 heterocycles. The van der Waals surface area contributed by atoms with Crippen LogP contribution in [0, 0.1) is 0 Å². The van der Waals surface area contributed by atoms with Gasteiger partial charge in [0.25, 0.3) is 11.1 Å². The van der Waals surface area contributed by atoms with Crippen molar-refractivity contribution in [1.29, 1.82) is 0 Å². The molecule has 4 nitrogen and oxygen atoms in total. The molecular formula is C44H32N2O2. The minimum Gasteiger partial charge on any atom is -0.276 e. The third-order valence-corrected chi connectivity index (χ3v) is 11.3. The summed E-state index contributed by atoms with van der Waals surface area (Å²) in [6.07, 6.45) is 0. The lowest BCUT2D eigenvalue weighted by Gasteiger charge is -2.24. The molecule has 4 heteroatoms. The van der Waals surface area contributed by atoms with Crippen LogP contribution in [0.1, 0.15) is 49.9 Å². The predicted molar refractivity (Wildman–Crippen MR) is 196 cm³/mol. The topological polar surface area (TPSA) is 44.0 Å². The molecule has 0 fully saturated rings. The minimum absolute atomic E-state index is 0.0930. The Balaban J connectivity index is 1.24. The van der Waals surface area contributed by atoms with Gasteiger partial charge in [0.2, 0.25) is 0 Å². The third-order valence-electron chi connectivity index (χ3n) is 11.3. The number of hydrogen-bond donors (Lipinski definition) is 0. The zero-order valence-corrected chi connectivity index (χ0v) is 27.3. The first-order chi connectivity index (χ1) is 23.2. The zero-order chi connectivity index (χ0) is 32.7.